The molecule has 0 spiro atoms. The van der Waals surface area contributed by atoms with Crippen molar-refractivity contribution in [1.29, 1.82) is 0 Å². The topological polar surface area (TPSA) is 55.6 Å². The molecule has 0 fully saturated rings. The zero-order chi connectivity index (χ0) is 18.8. The van der Waals surface area contributed by atoms with Crippen LogP contribution in [0.2, 0.25) is 0 Å². The lowest BCUT2D eigenvalue weighted by molar-refractivity contribution is -0.134. The highest BCUT2D eigenvalue weighted by Gasteiger charge is 2.27. The number of aromatic nitrogens is 1. The predicted molar refractivity (Wildman–Crippen MR) is 97.7 cm³/mol. The van der Waals surface area contributed by atoms with Crippen molar-refractivity contribution in [1.82, 2.24) is 10.1 Å². The molecule has 0 saturated carbocycles. The van der Waals surface area contributed by atoms with E-state index in [4.69, 9.17) is 9.26 Å². The summed E-state index contributed by atoms with van der Waals surface area (Å²) in [5.41, 5.74) is 3.45. The molecular formula is C21H19FN2O3. The first-order chi connectivity index (χ1) is 13.1. The minimum atomic E-state index is -0.308. The first kappa shape index (κ1) is 17.3. The second-order valence-corrected chi connectivity index (χ2v) is 6.56. The Kier molecular flexibility index (Phi) is 4.62. The molecule has 0 saturated heterocycles. The van der Waals surface area contributed by atoms with Gasteiger partial charge in [0, 0.05) is 24.1 Å². The number of nitrogens with zero attached hydrogens (tertiary/aromatic N) is 2. The Hall–Kier alpha value is -3.15. The number of amides is 1. The Bertz CT molecular complexity index is 966. The van der Waals surface area contributed by atoms with Gasteiger partial charge in [-0.3, -0.25) is 4.79 Å². The molecule has 0 radical (unpaired) electrons. The van der Waals surface area contributed by atoms with Gasteiger partial charge in [-0.15, -0.1) is 0 Å². The van der Waals surface area contributed by atoms with Crippen molar-refractivity contribution in [3.8, 4) is 17.1 Å². The molecule has 138 valence electrons. The average molecular weight is 366 g/mol. The third-order valence-corrected chi connectivity index (χ3v) is 4.74. The Morgan fingerprint density at radius 2 is 2.00 bits per heavy atom. The Morgan fingerprint density at radius 1 is 1.22 bits per heavy atom. The maximum Gasteiger partial charge on any atom is 0.260 e. The van der Waals surface area contributed by atoms with Gasteiger partial charge in [0.1, 0.15) is 11.6 Å². The molecule has 2 heterocycles. The number of rotatable bonds is 4. The van der Waals surface area contributed by atoms with Crippen LogP contribution < -0.4 is 4.74 Å². The van der Waals surface area contributed by atoms with E-state index in [2.05, 4.69) is 5.16 Å². The van der Waals surface area contributed by atoms with Gasteiger partial charge in [0.2, 0.25) is 0 Å². The van der Waals surface area contributed by atoms with Gasteiger partial charge in [0.25, 0.3) is 5.91 Å². The summed E-state index contributed by atoms with van der Waals surface area (Å²) in [4.78, 5) is 14.3. The molecule has 0 bridgehead atoms. The molecule has 1 aromatic heterocycles. The third kappa shape index (κ3) is 3.56. The van der Waals surface area contributed by atoms with Crippen LogP contribution in [0.3, 0.4) is 0 Å². The lowest BCUT2D eigenvalue weighted by Crippen LogP contribution is -2.38. The molecule has 5 nitrogen and oxygen atoms in total. The molecule has 0 aliphatic carbocycles. The van der Waals surface area contributed by atoms with Crippen molar-refractivity contribution in [2.24, 2.45) is 0 Å². The number of ether oxygens (including phenoxy) is 1. The number of carbonyl (C=O) groups excluding carboxylic acids is 1. The van der Waals surface area contributed by atoms with E-state index in [0.29, 0.717) is 31.0 Å². The van der Waals surface area contributed by atoms with Crippen LogP contribution in [0.1, 0.15) is 16.8 Å². The van der Waals surface area contributed by atoms with Crippen molar-refractivity contribution in [3.63, 3.8) is 0 Å². The van der Waals surface area contributed by atoms with E-state index >= 15 is 0 Å². The molecule has 4 rings (SSSR count). The summed E-state index contributed by atoms with van der Waals surface area (Å²) in [6, 6.07) is 13.7. The van der Waals surface area contributed by atoms with Crippen molar-refractivity contribution in [2.75, 3.05) is 13.2 Å². The standard InChI is InChI=1S/C21H19FN2O3/c1-14-4-2-3-5-19(14)26-13-20(25)24-11-10-18-17(12-24)21(27-23-18)15-6-8-16(22)9-7-15/h2-9H,10-13H2,1H3. The number of halogens is 1. The smallest absolute Gasteiger partial charge is 0.260 e. The van der Waals surface area contributed by atoms with Gasteiger partial charge < -0.3 is 14.2 Å². The van der Waals surface area contributed by atoms with Crippen molar-refractivity contribution in [3.05, 3.63) is 71.2 Å². The van der Waals surface area contributed by atoms with E-state index in [9.17, 15) is 9.18 Å². The largest absolute Gasteiger partial charge is 0.484 e. The fourth-order valence-electron chi connectivity index (χ4n) is 3.20. The monoisotopic (exact) mass is 366 g/mol. The number of hydrogen-bond acceptors (Lipinski definition) is 4. The first-order valence-electron chi connectivity index (χ1n) is 8.81. The molecule has 3 aromatic rings. The maximum atomic E-state index is 13.2. The van der Waals surface area contributed by atoms with Gasteiger partial charge in [-0.05, 0) is 42.8 Å². The van der Waals surface area contributed by atoms with Gasteiger partial charge in [0.15, 0.2) is 12.4 Å². The van der Waals surface area contributed by atoms with Crippen LogP contribution in [0.15, 0.2) is 53.1 Å². The summed E-state index contributed by atoms with van der Waals surface area (Å²) in [6.45, 7) is 2.90. The Labute approximate surface area is 156 Å². The zero-order valence-electron chi connectivity index (χ0n) is 14.9. The van der Waals surface area contributed by atoms with Crippen LogP contribution in [0.25, 0.3) is 11.3 Å². The number of carbonyl (C=O) groups is 1. The second-order valence-electron chi connectivity index (χ2n) is 6.56. The lowest BCUT2D eigenvalue weighted by atomic mass is 10.0. The Morgan fingerprint density at radius 3 is 2.78 bits per heavy atom. The van der Waals surface area contributed by atoms with Gasteiger partial charge in [-0.2, -0.15) is 0 Å². The van der Waals surface area contributed by atoms with Crippen molar-refractivity contribution in [2.45, 2.75) is 19.9 Å². The average Bonchev–Trinajstić information content (AvgIpc) is 3.11. The predicted octanol–water partition coefficient (Wildman–Crippen LogP) is 3.75. The molecule has 27 heavy (non-hydrogen) atoms. The quantitative estimate of drug-likeness (QED) is 0.706. The molecule has 1 aliphatic rings. The van der Waals surface area contributed by atoms with E-state index < -0.39 is 0 Å². The van der Waals surface area contributed by atoms with Crippen LogP contribution in [-0.4, -0.2) is 29.1 Å². The SMILES string of the molecule is Cc1ccccc1OCC(=O)N1CCc2noc(-c3ccc(F)cc3)c2C1. The zero-order valence-corrected chi connectivity index (χ0v) is 14.9. The molecule has 1 amide bonds. The third-order valence-electron chi connectivity index (χ3n) is 4.74. The number of fused-ring (bicyclic) bond motifs is 1. The number of benzene rings is 2. The summed E-state index contributed by atoms with van der Waals surface area (Å²) in [5, 5.41) is 4.12. The molecule has 0 atom stereocenters. The van der Waals surface area contributed by atoms with Crippen LogP contribution in [0.4, 0.5) is 4.39 Å². The molecule has 2 aromatic carbocycles. The van der Waals surface area contributed by atoms with E-state index in [1.807, 2.05) is 31.2 Å². The maximum absolute atomic E-state index is 13.2. The Balaban J connectivity index is 1.47. The highest BCUT2D eigenvalue weighted by Crippen LogP contribution is 2.30. The molecular weight excluding hydrogens is 347 g/mol. The van der Waals surface area contributed by atoms with Crippen LogP contribution in [0, 0.1) is 12.7 Å². The van der Waals surface area contributed by atoms with Gasteiger partial charge in [-0.25, -0.2) is 4.39 Å². The molecule has 0 unspecified atom stereocenters. The second kappa shape index (κ2) is 7.23. The summed E-state index contributed by atoms with van der Waals surface area (Å²) in [6.07, 6.45) is 0.621. The van der Waals surface area contributed by atoms with E-state index in [1.54, 1.807) is 17.0 Å². The van der Waals surface area contributed by atoms with Crippen molar-refractivity contribution >= 4 is 5.91 Å². The van der Waals surface area contributed by atoms with Crippen LogP contribution >= 0.6 is 0 Å². The van der Waals surface area contributed by atoms with Crippen molar-refractivity contribution < 1.29 is 18.4 Å². The van der Waals surface area contributed by atoms with Crippen LogP contribution in [0.5, 0.6) is 5.75 Å². The summed E-state index contributed by atoms with van der Waals surface area (Å²) >= 11 is 0. The molecule has 1 aliphatic heterocycles. The normalized spacial score (nSPS) is 13.3. The van der Waals surface area contributed by atoms with Gasteiger partial charge in [0.05, 0.1) is 12.2 Å². The fraction of sp³-hybridized carbons (Fsp3) is 0.238. The van der Waals surface area contributed by atoms with Gasteiger partial charge >= 0.3 is 0 Å². The minimum absolute atomic E-state index is 0.0165. The summed E-state index contributed by atoms with van der Waals surface area (Å²) in [7, 11) is 0. The molecule has 0 N–H and O–H groups in total. The van der Waals surface area contributed by atoms with Crippen LogP contribution in [-0.2, 0) is 17.8 Å². The van der Waals surface area contributed by atoms with E-state index in [1.165, 1.54) is 12.1 Å². The summed E-state index contributed by atoms with van der Waals surface area (Å²) in [5.74, 6) is 0.898. The first-order valence-corrected chi connectivity index (χ1v) is 8.81. The fourth-order valence-corrected chi connectivity index (χ4v) is 3.20. The highest BCUT2D eigenvalue weighted by molar-refractivity contribution is 5.78. The van der Waals surface area contributed by atoms with Gasteiger partial charge in [-0.1, -0.05) is 23.4 Å². The number of para-hydroxylation sites is 1. The highest BCUT2D eigenvalue weighted by atomic mass is 19.1. The van der Waals surface area contributed by atoms with E-state index in [-0.39, 0.29) is 18.3 Å². The lowest BCUT2D eigenvalue weighted by Gasteiger charge is -2.26. The summed E-state index contributed by atoms with van der Waals surface area (Å²) < 4.78 is 24.3. The molecule has 6 heteroatoms. The number of hydrogen-bond donors (Lipinski definition) is 0. The number of aryl methyl sites for hydroxylation is 1. The van der Waals surface area contributed by atoms with E-state index in [0.717, 1.165) is 22.4 Å². The minimum Gasteiger partial charge on any atom is -0.484 e.